The van der Waals surface area contributed by atoms with Crippen LogP contribution in [0.3, 0.4) is 0 Å². The van der Waals surface area contributed by atoms with Crippen molar-refractivity contribution >= 4 is 5.91 Å². The minimum absolute atomic E-state index is 0.247. The number of aliphatic hydroxyl groups excluding tert-OH is 11. The Morgan fingerprint density at radius 2 is 0.600 bits per heavy atom. The van der Waals surface area contributed by atoms with Gasteiger partial charge in [0.25, 0.3) is 0 Å². The summed E-state index contributed by atoms with van der Waals surface area (Å²) in [7, 11) is 0. The molecule has 0 aliphatic carbocycles. The average molecular weight is 1630 g/mol. The zero-order valence-corrected chi connectivity index (χ0v) is 73.0. The van der Waals surface area contributed by atoms with E-state index in [2.05, 4.69) is 67.8 Å². The molecule has 17 unspecified atom stereocenters. The van der Waals surface area contributed by atoms with Gasteiger partial charge in [-0.3, -0.25) is 4.79 Å². The van der Waals surface area contributed by atoms with Gasteiger partial charge in [0.1, 0.15) is 73.2 Å². The van der Waals surface area contributed by atoms with E-state index in [1.54, 1.807) is 6.08 Å². The Labute approximate surface area is 700 Å². The molecule has 3 rings (SSSR count). The van der Waals surface area contributed by atoms with Crippen molar-refractivity contribution in [1.82, 2.24) is 5.32 Å². The quantitative estimate of drug-likeness (QED) is 0.0199. The van der Waals surface area contributed by atoms with E-state index in [0.29, 0.717) is 6.42 Å². The van der Waals surface area contributed by atoms with Crippen molar-refractivity contribution in [2.24, 2.45) is 0 Å². The van der Waals surface area contributed by atoms with Gasteiger partial charge in [0, 0.05) is 6.42 Å². The second-order valence-electron chi connectivity index (χ2n) is 34.2. The minimum atomic E-state index is -1.98. The summed E-state index contributed by atoms with van der Waals surface area (Å²) in [6, 6.07) is -0.975. The summed E-state index contributed by atoms with van der Waals surface area (Å²) in [5, 5.41) is 121. The van der Waals surface area contributed by atoms with Crippen molar-refractivity contribution in [3.8, 4) is 0 Å². The Kier molecular flexibility index (Phi) is 69.8. The first-order valence-electron chi connectivity index (χ1n) is 48.0. The second-order valence-corrected chi connectivity index (χ2v) is 34.2. The van der Waals surface area contributed by atoms with E-state index in [0.717, 1.165) is 70.6 Å². The molecular formula is C96H177NO18. The van der Waals surface area contributed by atoms with Crippen LogP contribution < -0.4 is 5.32 Å². The Morgan fingerprint density at radius 1 is 0.322 bits per heavy atom. The smallest absolute Gasteiger partial charge is 0.220 e. The number of hydrogen-bond donors (Lipinski definition) is 12. The van der Waals surface area contributed by atoms with Crippen molar-refractivity contribution in [2.45, 2.75) is 516 Å². The third kappa shape index (κ3) is 53.2. The maximum Gasteiger partial charge on any atom is 0.220 e. The highest BCUT2D eigenvalue weighted by molar-refractivity contribution is 5.76. The molecule has 17 atom stereocenters. The van der Waals surface area contributed by atoms with Gasteiger partial charge in [-0.15, -0.1) is 0 Å². The van der Waals surface area contributed by atoms with Crippen molar-refractivity contribution < 1.29 is 89.4 Å². The summed E-state index contributed by atoms with van der Waals surface area (Å²) in [5.74, 6) is -0.267. The second kappa shape index (κ2) is 75.2. The summed E-state index contributed by atoms with van der Waals surface area (Å²) >= 11 is 0. The standard InChI is InChI=1S/C96H177NO18/c1-3-5-7-9-11-13-15-17-19-21-23-25-27-29-31-33-35-37-38-39-40-42-44-46-48-50-52-54-56-58-60-62-64-66-68-70-72-74-84(102)97-79(80(101)73-71-69-67-65-63-61-59-57-55-53-51-49-47-45-43-41-36-34-32-30-28-26-24-22-20-18-16-14-12-10-8-6-4-2)78-110-94-90(108)87(105)92(82(76-99)112-94)115-96-91(109)88(106)93(83(77-100)113-96)114-95-89(107)86(104)85(103)81(75-98)111-95/h5,7,11,13,17,19,23,25,71,73,79-83,85-96,98-101,103-109H,3-4,6,8-10,12,14-16,18,20-22,24,26-70,72,74-78H2,1-2H3,(H,97,102)/b7-5-,13-11-,19-17-,25-23-,73-71+. The molecule has 674 valence electrons. The van der Waals surface area contributed by atoms with E-state index >= 15 is 0 Å². The van der Waals surface area contributed by atoms with Crippen LogP contribution in [0.5, 0.6) is 0 Å². The Balaban J connectivity index is 1.30. The zero-order chi connectivity index (χ0) is 83.1. The largest absolute Gasteiger partial charge is 0.394 e. The molecular weight excluding hydrogens is 1460 g/mol. The molecule has 3 aliphatic rings. The Hall–Kier alpha value is -2.51. The fourth-order valence-electron chi connectivity index (χ4n) is 16.3. The number of unbranched alkanes of at least 4 members (excludes halogenated alkanes) is 55. The van der Waals surface area contributed by atoms with E-state index in [-0.39, 0.29) is 18.9 Å². The van der Waals surface area contributed by atoms with Crippen molar-refractivity contribution in [3.63, 3.8) is 0 Å². The molecule has 3 fully saturated rings. The lowest BCUT2D eigenvalue weighted by atomic mass is 9.96. The molecule has 12 N–H and O–H groups in total. The van der Waals surface area contributed by atoms with E-state index < -0.39 is 124 Å². The van der Waals surface area contributed by atoms with E-state index in [4.69, 9.17) is 28.4 Å². The normalized spacial score (nSPS) is 24.8. The molecule has 3 aliphatic heterocycles. The predicted molar refractivity (Wildman–Crippen MR) is 466 cm³/mol. The minimum Gasteiger partial charge on any atom is -0.394 e. The molecule has 19 heteroatoms. The first-order valence-corrected chi connectivity index (χ1v) is 48.0. The van der Waals surface area contributed by atoms with Gasteiger partial charge in [-0.2, -0.15) is 0 Å². The molecule has 0 spiro atoms. The molecule has 1 amide bonds. The van der Waals surface area contributed by atoms with Crippen LogP contribution in [0, 0.1) is 0 Å². The molecule has 0 radical (unpaired) electrons. The van der Waals surface area contributed by atoms with Gasteiger partial charge in [0.15, 0.2) is 18.9 Å². The fourth-order valence-corrected chi connectivity index (χ4v) is 16.3. The van der Waals surface area contributed by atoms with Crippen LogP contribution in [0.4, 0.5) is 0 Å². The summed E-state index contributed by atoms with van der Waals surface area (Å²) in [6.07, 6.45) is 73.9. The number of allylic oxidation sites excluding steroid dienone is 9. The van der Waals surface area contributed by atoms with Crippen molar-refractivity contribution in [3.05, 3.63) is 60.8 Å². The third-order valence-corrected chi connectivity index (χ3v) is 23.8. The molecule has 0 aromatic rings. The molecule has 115 heavy (non-hydrogen) atoms. The highest BCUT2D eigenvalue weighted by Gasteiger charge is 2.54. The van der Waals surface area contributed by atoms with Gasteiger partial charge < -0.3 is 89.9 Å². The van der Waals surface area contributed by atoms with Gasteiger partial charge in [-0.05, 0) is 57.8 Å². The summed E-state index contributed by atoms with van der Waals surface area (Å²) in [4.78, 5) is 13.5. The number of carbonyl (C=O) groups is 1. The lowest BCUT2D eigenvalue weighted by Crippen LogP contribution is -2.66. The van der Waals surface area contributed by atoms with Gasteiger partial charge in [-0.25, -0.2) is 0 Å². The van der Waals surface area contributed by atoms with Crippen LogP contribution in [0.2, 0.25) is 0 Å². The van der Waals surface area contributed by atoms with Crippen LogP contribution >= 0.6 is 0 Å². The van der Waals surface area contributed by atoms with E-state index in [1.165, 1.54) is 315 Å². The first-order chi connectivity index (χ1) is 56.3. The Bertz CT molecular complexity index is 2310. The maximum atomic E-state index is 13.5. The number of amides is 1. The van der Waals surface area contributed by atoms with Crippen LogP contribution in [-0.4, -0.2) is 193 Å². The third-order valence-electron chi connectivity index (χ3n) is 23.8. The van der Waals surface area contributed by atoms with Crippen molar-refractivity contribution in [1.29, 1.82) is 0 Å². The highest BCUT2D eigenvalue weighted by atomic mass is 16.8. The molecule has 0 bridgehead atoms. The van der Waals surface area contributed by atoms with Gasteiger partial charge in [-0.1, -0.05) is 408 Å². The number of aliphatic hydroxyl groups is 11. The fraction of sp³-hybridized carbons (Fsp3) is 0.885. The predicted octanol–water partition coefficient (Wildman–Crippen LogP) is 19.3. The molecule has 3 saturated heterocycles. The number of ether oxygens (including phenoxy) is 6. The topological polar surface area (TPSA) is 307 Å². The summed E-state index contributed by atoms with van der Waals surface area (Å²) in [5.41, 5.74) is 0. The number of rotatable bonds is 79. The number of nitrogens with one attached hydrogen (secondary N) is 1. The van der Waals surface area contributed by atoms with Gasteiger partial charge in [0.2, 0.25) is 5.91 Å². The lowest BCUT2D eigenvalue weighted by molar-refractivity contribution is -0.379. The summed E-state index contributed by atoms with van der Waals surface area (Å²) in [6.45, 7) is 1.70. The lowest BCUT2D eigenvalue weighted by Gasteiger charge is -2.48. The maximum absolute atomic E-state index is 13.5. The average Bonchev–Trinajstić information content (AvgIpc) is 0.779. The Morgan fingerprint density at radius 3 is 0.939 bits per heavy atom. The van der Waals surface area contributed by atoms with Crippen molar-refractivity contribution in [2.75, 3.05) is 26.4 Å². The van der Waals surface area contributed by atoms with Crippen LogP contribution in [-0.2, 0) is 33.2 Å². The monoisotopic (exact) mass is 1630 g/mol. The highest BCUT2D eigenvalue weighted by Crippen LogP contribution is 2.34. The molecule has 0 aromatic heterocycles. The van der Waals surface area contributed by atoms with Crippen LogP contribution in [0.25, 0.3) is 0 Å². The number of hydrogen-bond acceptors (Lipinski definition) is 18. The SMILES string of the molecule is CC/C=C\C/C=C\C/C=C\C/C=C\CCCCCCCCCCCCCCCCCCCCCCCCCCC(=O)NC(COC1OC(CO)C(OC2OC(CO)C(OC3OC(CO)C(O)C(O)C3O)C(O)C2O)C(O)C1O)C(O)/C=C/CCCCCCCCCCCCCCCCCCCCCCCCCCCCCCCCC. The van der Waals surface area contributed by atoms with Crippen LogP contribution in [0.15, 0.2) is 60.8 Å². The van der Waals surface area contributed by atoms with Gasteiger partial charge >= 0.3 is 0 Å². The molecule has 0 saturated carbocycles. The van der Waals surface area contributed by atoms with E-state index in [1.807, 2.05) is 6.08 Å². The van der Waals surface area contributed by atoms with Gasteiger partial charge in [0.05, 0.1) is 38.6 Å². The van der Waals surface area contributed by atoms with E-state index in [9.17, 15) is 61.0 Å². The van der Waals surface area contributed by atoms with Crippen LogP contribution in [0.1, 0.15) is 412 Å². The molecule has 0 aromatic carbocycles. The molecule has 3 heterocycles. The number of carbonyl (C=O) groups excluding carboxylic acids is 1. The summed E-state index contributed by atoms with van der Waals surface area (Å²) < 4.78 is 34.6. The first kappa shape index (κ1) is 107. The molecule has 19 nitrogen and oxygen atoms in total. The zero-order valence-electron chi connectivity index (χ0n) is 73.0.